The second-order valence-corrected chi connectivity index (χ2v) is 4.47. The van der Waals surface area contributed by atoms with E-state index in [-0.39, 0.29) is 12.2 Å². The molecule has 0 saturated carbocycles. The van der Waals surface area contributed by atoms with E-state index in [0.717, 1.165) is 11.2 Å². The summed E-state index contributed by atoms with van der Waals surface area (Å²) >= 11 is 0. The van der Waals surface area contributed by atoms with E-state index in [9.17, 15) is 9.90 Å². The standard InChI is InChI=1S/C15H12N2O3/c18-14(19)8-10-6-7-13-12(15(10)20)9-16-17(13)11-4-2-1-3-5-11/h1-7,9,20H,8H2,(H,18,19). The topological polar surface area (TPSA) is 75.3 Å². The van der Waals surface area contributed by atoms with Crippen molar-refractivity contribution in [1.82, 2.24) is 9.78 Å². The van der Waals surface area contributed by atoms with Gasteiger partial charge in [0.1, 0.15) is 5.75 Å². The molecule has 0 saturated heterocycles. The molecular formula is C15H12N2O3. The first-order valence-electron chi connectivity index (χ1n) is 6.12. The molecule has 0 unspecified atom stereocenters. The minimum atomic E-state index is -0.977. The molecule has 3 rings (SSSR count). The fourth-order valence-corrected chi connectivity index (χ4v) is 2.21. The number of carboxylic acids is 1. The molecule has 0 amide bonds. The van der Waals surface area contributed by atoms with Crippen LogP contribution in [0.15, 0.2) is 48.7 Å². The molecule has 0 bridgehead atoms. The minimum Gasteiger partial charge on any atom is -0.507 e. The van der Waals surface area contributed by atoms with E-state index in [2.05, 4.69) is 5.10 Å². The largest absolute Gasteiger partial charge is 0.507 e. The van der Waals surface area contributed by atoms with Crippen LogP contribution in [0.2, 0.25) is 0 Å². The van der Waals surface area contributed by atoms with Crippen molar-refractivity contribution in [2.24, 2.45) is 0 Å². The number of aliphatic carboxylic acids is 1. The van der Waals surface area contributed by atoms with Crippen molar-refractivity contribution in [2.45, 2.75) is 6.42 Å². The maximum Gasteiger partial charge on any atom is 0.307 e. The summed E-state index contributed by atoms with van der Waals surface area (Å²) in [7, 11) is 0. The summed E-state index contributed by atoms with van der Waals surface area (Å²) in [5, 5.41) is 23.8. The molecule has 5 heteroatoms. The molecule has 0 fully saturated rings. The van der Waals surface area contributed by atoms with Gasteiger partial charge in [-0.05, 0) is 18.2 Å². The number of nitrogens with zero attached hydrogens (tertiary/aromatic N) is 2. The SMILES string of the molecule is O=C(O)Cc1ccc2c(cnn2-c2ccccc2)c1O. The quantitative estimate of drug-likeness (QED) is 0.764. The number of carbonyl (C=O) groups is 1. The molecule has 100 valence electrons. The van der Waals surface area contributed by atoms with E-state index in [1.54, 1.807) is 23.0 Å². The first-order valence-corrected chi connectivity index (χ1v) is 6.12. The minimum absolute atomic E-state index is 0.0212. The number of rotatable bonds is 3. The van der Waals surface area contributed by atoms with Gasteiger partial charge in [0, 0.05) is 5.56 Å². The van der Waals surface area contributed by atoms with Crippen LogP contribution in [0.4, 0.5) is 0 Å². The molecule has 20 heavy (non-hydrogen) atoms. The van der Waals surface area contributed by atoms with Crippen molar-refractivity contribution >= 4 is 16.9 Å². The van der Waals surface area contributed by atoms with E-state index in [1.165, 1.54) is 0 Å². The summed E-state index contributed by atoms with van der Waals surface area (Å²) in [4.78, 5) is 10.8. The molecule has 0 aliphatic carbocycles. The van der Waals surface area contributed by atoms with Crippen LogP contribution in [0.3, 0.4) is 0 Å². The van der Waals surface area contributed by atoms with Gasteiger partial charge >= 0.3 is 5.97 Å². The molecular weight excluding hydrogens is 256 g/mol. The van der Waals surface area contributed by atoms with Gasteiger partial charge in [0.25, 0.3) is 0 Å². The summed E-state index contributed by atoms with van der Waals surface area (Å²) in [6, 6.07) is 12.9. The normalized spacial score (nSPS) is 10.8. The Hall–Kier alpha value is -2.82. The third kappa shape index (κ3) is 1.99. The van der Waals surface area contributed by atoms with Crippen molar-refractivity contribution in [2.75, 3.05) is 0 Å². The van der Waals surface area contributed by atoms with Gasteiger partial charge in [-0.1, -0.05) is 24.3 Å². The average Bonchev–Trinajstić information content (AvgIpc) is 2.87. The molecule has 3 aromatic rings. The van der Waals surface area contributed by atoms with E-state index in [1.807, 2.05) is 30.3 Å². The Morgan fingerprint density at radius 2 is 1.90 bits per heavy atom. The molecule has 0 aliphatic heterocycles. The Kier molecular flexibility index (Phi) is 2.87. The lowest BCUT2D eigenvalue weighted by Crippen LogP contribution is -2.00. The third-order valence-corrected chi connectivity index (χ3v) is 3.15. The summed E-state index contributed by atoms with van der Waals surface area (Å²) < 4.78 is 1.71. The number of phenolic OH excluding ortho intramolecular Hbond substituents is 1. The van der Waals surface area contributed by atoms with Crippen molar-refractivity contribution in [3.05, 3.63) is 54.2 Å². The molecule has 2 N–H and O–H groups in total. The van der Waals surface area contributed by atoms with E-state index in [0.29, 0.717) is 10.9 Å². The van der Waals surface area contributed by atoms with Gasteiger partial charge < -0.3 is 10.2 Å². The van der Waals surface area contributed by atoms with Crippen LogP contribution in [0.5, 0.6) is 5.75 Å². The molecule has 2 aromatic carbocycles. The predicted octanol–water partition coefficient (Wildman–Crippen LogP) is 2.36. The molecule has 0 atom stereocenters. The van der Waals surface area contributed by atoms with Gasteiger partial charge in [-0.3, -0.25) is 4.79 Å². The fraction of sp³-hybridized carbons (Fsp3) is 0.0667. The molecule has 0 spiro atoms. The van der Waals surface area contributed by atoms with E-state index >= 15 is 0 Å². The first kappa shape index (κ1) is 12.2. The van der Waals surface area contributed by atoms with E-state index in [4.69, 9.17) is 5.11 Å². The number of hydrogen-bond acceptors (Lipinski definition) is 3. The number of phenols is 1. The van der Waals surface area contributed by atoms with Crippen LogP contribution in [-0.4, -0.2) is 26.0 Å². The maximum atomic E-state index is 10.8. The van der Waals surface area contributed by atoms with Crippen molar-refractivity contribution in [1.29, 1.82) is 0 Å². The third-order valence-electron chi connectivity index (χ3n) is 3.15. The first-order chi connectivity index (χ1) is 9.66. The number of benzene rings is 2. The van der Waals surface area contributed by atoms with Crippen LogP contribution < -0.4 is 0 Å². The summed E-state index contributed by atoms with van der Waals surface area (Å²) in [6.07, 6.45) is 1.33. The number of para-hydroxylation sites is 1. The number of aromatic hydroxyl groups is 1. The van der Waals surface area contributed by atoms with E-state index < -0.39 is 5.97 Å². The lowest BCUT2D eigenvalue weighted by molar-refractivity contribution is -0.136. The zero-order valence-corrected chi connectivity index (χ0v) is 10.5. The van der Waals surface area contributed by atoms with Gasteiger partial charge in [0.05, 0.1) is 29.2 Å². The maximum absolute atomic E-state index is 10.8. The Morgan fingerprint density at radius 1 is 1.15 bits per heavy atom. The number of fused-ring (bicyclic) bond motifs is 1. The van der Waals surface area contributed by atoms with Gasteiger partial charge in [-0.15, -0.1) is 0 Å². The summed E-state index contributed by atoms with van der Waals surface area (Å²) in [6.45, 7) is 0. The van der Waals surface area contributed by atoms with Crippen LogP contribution in [0.25, 0.3) is 16.6 Å². The van der Waals surface area contributed by atoms with Crippen LogP contribution in [0.1, 0.15) is 5.56 Å². The van der Waals surface area contributed by atoms with Crippen LogP contribution in [0, 0.1) is 0 Å². The molecule has 5 nitrogen and oxygen atoms in total. The zero-order valence-electron chi connectivity index (χ0n) is 10.5. The highest BCUT2D eigenvalue weighted by molar-refractivity contribution is 5.88. The highest BCUT2D eigenvalue weighted by Gasteiger charge is 2.13. The number of hydrogen-bond donors (Lipinski definition) is 2. The lowest BCUT2D eigenvalue weighted by Gasteiger charge is -2.05. The van der Waals surface area contributed by atoms with Gasteiger partial charge in [-0.25, -0.2) is 4.68 Å². The lowest BCUT2D eigenvalue weighted by atomic mass is 10.1. The highest BCUT2D eigenvalue weighted by atomic mass is 16.4. The fourth-order valence-electron chi connectivity index (χ4n) is 2.21. The average molecular weight is 268 g/mol. The van der Waals surface area contributed by atoms with Crippen molar-refractivity contribution in [3.63, 3.8) is 0 Å². The molecule has 1 heterocycles. The summed E-state index contributed by atoms with van der Waals surface area (Å²) in [5.41, 5.74) is 2.01. The Bertz CT molecular complexity index is 778. The van der Waals surface area contributed by atoms with Gasteiger partial charge in [0.15, 0.2) is 0 Å². The monoisotopic (exact) mass is 268 g/mol. The highest BCUT2D eigenvalue weighted by Crippen LogP contribution is 2.30. The summed E-state index contributed by atoms with van der Waals surface area (Å²) in [5.74, 6) is -0.998. The second-order valence-electron chi connectivity index (χ2n) is 4.47. The molecule has 0 aliphatic rings. The Balaban J connectivity index is 2.15. The van der Waals surface area contributed by atoms with Crippen LogP contribution in [-0.2, 0) is 11.2 Å². The second kappa shape index (κ2) is 4.70. The van der Waals surface area contributed by atoms with Gasteiger partial charge in [0.2, 0.25) is 0 Å². The molecule has 0 radical (unpaired) electrons. The smallest absolute Gasteiger partial charge is 0.307 e. The number of carboxylic acid groups (broad SMARTS) is 1. The Morgan fingerprint density at radius 3 is 2.60 bits per heavy atom. The van der Waals surface area contributed by atoms with Gasteiger partial charge in [-0.2, -0.15) is 5.10 Å². The van der Waals surface area contributed by atoms with Crippen molar-refractivity contribution in [3.8, 4) is 11.4 Å². The molecule has 1 aromatic heterocycles. The number of aromatic nitrogens is 2. The predicted molar refractivity (Wildman–Crippen MR) is 74.1 cm³/mol. The van der Waals surface area contributed by atoms with Crippen molar-refractivity contribution < 1.29 is 15.0 Å². The van der Waals surface area contributed by atoms with Crippen LogP contribution >= 0.6 is 0 Å². The zero-order chi connectivity index (χ0) is 14.1. The Labute approximate surface area is 114 Å².